The Kier molecular flexibility index (Phi) is 6.33. The molecule has 108 valence electrons. The number of rotatable bonds is 8. The van der Waals surface area contributed by atoms with Crippen LogP contribution in [0, 0.1) is 11.6 Å². The number of benzene rings is 1. The summed E-state index contributed by atoms with van der Waals surface area (Å²) in [6.45, 7) is 2.80. The van der Waals surface area contributed by atoms with E-state index in [-0.39, 0.29) is 17.9 Å². The zero-order valence-corrected chi connectivity index (χ0v) is 11.6. The minimum atomic E-state index is -3.49. The lowest BCUT2D eigenvalue weighted by molar-refractivity contribution is 0.564. The van der Waals surface area contributed by atoms with Crippen molar-refractivity contribution < 1.29 is 17.2 Å². The van der Waals surface area contributed by atoms with E-state index in [2.05, 4.69) is 10.0 Å². The van der Waals surface area contributed by atoms with Crippen LogP contribution >= 0.6 is 0 Å². The molecule has 0 saturated heterocycles. The van der Waals surface area contributed by atoms with Crippen LogP contribution in [0.25, 0.3) is 0 Å². The van der Waals surface area contributed by atoms with E-state index in [9.17, 15) is 17.2 Å². The molecule has 0 atom stereocenters. The molecule has 2 N–H and O–H groups in total. The minimum absolute atomic E-state index is 0.00917. The first-order valence-electron chi connectivity index (χ1n) is 6.06. The lowest BCUT2D eigenvalue weighted by Gasteiger charge is -2.08. The fraction of sp³-hybridized carbons (Fsp3) is 0.500. The molecule has 1 aromatic carbocycles. The van der Waals surface area contributed by atoms with Crippen molar-refractivity contribution in [3.8, 4) is 0 Å². The Morgan fingerprint density at radius 3 is 2.63 bits per heavy atom. The Labute approximate surface area is 112 Å². The van der Waals surface area contributed by atoms with Gasteiger partial charge in [0, 0.05) is 18.7 Å². The Morgan fingerprint density at radius 1 is 1.21 bits per heavy atom. The Balaban J connectivity index is 2.48. The highest BCUT2D eigenvalue weighted by Crippen LogP contribution is 2.09. The summed E-state index contributed by atoms with van der Waals surface area (Å²) in [6.07, 6.45) is 0.919. The van der Waals surface area contributed by atoms with Crippen molar-refractivity contribution in [2.24, 2.45) is 0 Å². The number of halogens is 2. The van der Waals surface area contributed by atoms with Gasteiger partial charge in [-0.2, -0.15) is 0 Å². The maximum absolute atomic E-state index is 13.3. The lowest BCUT2D eigenvalue weighted by Crippen LogP contribution is -2.32. The van der Waals surface area contributed by atoms with Gasteiger partial charge in [-0.3, -0.25) is 0 Å². The van der Waals surface area contributed by atoms with E-state index in [1.54, 1.807) is 0 Å². The molecule has 0 spiro atoms. The monoisotopic (exact) mass is 292 g/mol. The van der Waals surface area contributed by atoms with Gasteiger partial charge in [0.2, 0.25) is 10.0 Å². The summed E-state index contributed by atoms with van der Waals surface area (Å²) in [6, 6.07) is 2.94. The molecule has 0 heterocycles. The van der Waals surface area contributed by atoms with E-state index >= 15 is 0 Å². The first-order valence-corrected chi connectivity index (χ1v) is 7.72. The van der Waals surface area contributed by atoms with Crippen LogP contribution in [0.2, 0.25) is 0 Å². The zero-order chi connectivity index (χ0) is 14.3. The molecular formula is C12H18F2N2O2S. The topological polar surface area (TPSA) is 58.2 Å². The minimum Gasteiger partial charge on any atom is -0.316 e. The van der Waals surface area contributed by atoms with E-state index in [1.807, 2.05) is 6.92 Å². The van der Waals surface area contributed by atoms with Crippen LogP contribution < -0.4 is 10.0 Å². The quantitative estimate of drug-likeness (QED) is 0.712. The molecule has 1 aromatic rings. The van der Waals surface area contributed by atoms with Crippen molar-refractivity contribution in [2.45, 2.75) is 19.9 Å². The van der Waals surface area contributed by atoms with Gasteiger partial charge >= 0.3 is 0 Å². The van der Waals surface area contributed by atoms with Gasteiger partial charge in [0.1, 0.15) is 11.6 Å². The number of sulfonamides is 1. The van der Waals surface area contributed by atoms with Crippen LogP contribution in [0.15, 0.2) is 18.2 Å². The van der Waals surface area contributed by atoms with Gasteiger partial charge < -0.3 is 5.32 Å². The van der Waals surface area contributed by atoms with Crippen molar-refractivity contribution in [3.63, 3.8) is 0 Å². The third-order valence-electron chi connectivity index (χ3n) is 2.46. The van der Waals surface area contributed by atoms with Gasteiger partial charge in [-0.25, -0.2) is 21.9 Å². The summed E-state index contributed by atoms with van der Waals surface area (Å²) in [5, 5.41) is 2.96. The van der Waals surface area contributed by atoms with Gasteiger partial charge in [0.25, 0.3) is 0 Å². The fourth-order valence-electron chi connectivity index (χ4n) is 1.45. The van der Waals surface area contributed by atoms with Crippen molar-refractivity contribution in [1.29, 1.82) is 0 Å². The normalized spacial score (nSPS) is 11.7. The van der Waals surface area contributed by atoms with Crippen LogP contribution in [-0.2, 0) is 16.6 Å². The van der Waals surface area contributed by atoms with E-state index < -0.39 is 21.7 Å². The molecule has 1 rings (SSSR count). The average molecular weight is 292 g/mol. The predicted octanol–water partition coefficient (Wildman–Crippen LogP) is 1.38. The molecule has 19 heavy (non-hydrogen) atoms. The van der Waals surface area contributed by atoms with E-state index in [0.717, 1.165) is 31.2 Å². The van der Waals surface area contributed by atoms with Crippen LogP contribution in [0.5, 0.6) is 0 Å². The van der Waals surface area contributed by atoms with Crippen LogP contribution in [-0.4, -0.2) is 27.3 Å². The summed E-state index contributed by atoms with van der Waals surface area (Å²) >= 11 is 0. The molecule has 0 radical (unpaired) electrons. The van der Waals surface area contributed by atoms with Gasteiger partial charge in [0.15, 0.2) is 0 Å². The van der Waals surface area contributed by atoms with Crippen molar-refractivity contribution in [2.75, 3.05) is 18.8 Å². The van der Waals surface area contributed by atoms with Gasteiger partial charge in [-0.1, -0.05) is 6.92 Å². The van der Waals surface area contributed by atoms with Gasteiger partial charge in [-0.05, 0) is 31.2 Å². The molecule has 0 aliphatic heterocycles. The fourth-order valence-corrected chi connectivity index (χ4v) is 2.38. The summed E-state index contributed by atoms with van der Waals surface area (Å²) in [4.78, 5) is 0. The predicted molar refractivity (Wildman–Crippen MR) is 70.1 cm³/mol. The van der Waals surface area contributed by atoms with Gasteiger partial charge in [-0.15, -0.1) is 0 Å². The van der Waals surface area contributed by atoms with Crippen molar-refractivity contribution in [3.05, 3.63) is 35.4 Å². The summed E-state index contributed by atoms with van der Waals surface area (Å²) in [5.74, 6) is -1.32. The van der Waals surface area contributed by atoms with E-state index in [4.69, 9.17) is 0 Å². The Bertz CT molecular complexity index is 506. The number of hydrogen-bond donors (Lipinski definition) is 2. The van der Waals surface area contributed by atoms with Crippen LogP contribution in [0.4, 0.5) is 8.78 Å². The molecule has 0 fully saturated rings. The van der Waals surface area contributed by atoms with E-state index in [1.165, 1.54) is 0 Å². The second-order valence-corrected chi connectivity index (χ2v) is 6.05. The smallest absolute Gasteiger partial charge is 0.213 e. The third-order valence-corrected chi connectivity index (χ3v) is 3.79. The second kappa shape index (κ2) is 7.52. The molecule has 7 heteroatoms. The summed E-state index contributed by atoms with van der Waals surface area (Å²) < 4.78 is 51.6. The van der Waals surface area contributed by atoms with Crippen molar-refractivity contribution in [1.82, 2.24) is 10.0 Å². The molecule has 0 aromatic heterocycles. The summed E-state index contributed by atoms with van der Waals surface area (Å²) in [7, 11) is -3.49. The van der Waals surface area contributed by atoms with Gasteiger partial charge in [0.05, 0.1) is 5.75 Å². The largest absolute Gasteiger partial charge is 0.316 e. The molecule has 0 unspecified atom stereocenters. The number of nitrogens with one attached hydrogen (secondary N) is 2. The standard InChI is InChI=1S/C12H18F2N2O2S/c1-2-5-15-6-7-19(17,18)16-9-10-8-11(13)3-4-12(10)14/h3-4,8,15-16H,2,5-7,9H2,1H3. The molecular weight excluding hydrogens is 274 g/mol. The molecule has 0 saturated carbocycles. The van der Waals surface area contributed by atoms with Crippen molar-refractivity contribution >= 4 is 10.0 Å². The second-order valence-electron chi connectivity index (χ2n) is 4.13. The Hall–Kier alpha value is -1.05. The Morgan fingerprint density at radius 2 is 1.95 bits per heavy atom. The van der Waals surface area contributed by atoms with E-state index in [0.29, 0.717) is 6.54 Å². The highest BCUT2D eigenvalue weighted by Gasteiger charge is 2.11. The first-order chi connectivity index (χ1) is 8.94. The molecule has 0 aliphatic rings. The maximum Gasteiger partial charge on any atom is 0.213 e. The highest BCUT2D eigenvalue weighted by molar-refractivity contribution is 7.89. The first kappa shape index (κ1) is 16.0. The maximum atomic E-state index is 13.3. The summed E-state index contributed by atoms with van der Waals surface area (Å²) in [5.41, 5.74) is -0.00917. The number of hydrogen-bond acceptors (Lipinski definition) is 3. The lowest BCUT2D eigenvalue weighted by atomic mass is 10.2. The molecule has 0 amide bonds. The SMILES string of the molecule is CCCNCCS(=O)(=O)NCc1cc(F)ccc1F. The molecule has 0 aliphatic carbocycles. The average Bonchev–Trinajstić information content (AvgIpc) is 2.36. The zero-order valence-electron chi connectivity index (χ0n) is 10.7. The van der Waals surface area contributed by atoms with Crippen LogP contribution in [0.1, 0.15) is 18.9 Å². The van der Waals surface area contributed by atoms with Crippen LogP contribution in [0.3, 0.4) is 0 Å². The highest BCUT2D eigenvalue weighted by atomic mass is 32.2. The molecule has 4 nitrogen and oxygen atoms in total. The third kappa shape index (κ3) is 6.09. The molecule has 0 bridgehead atoms.